The van der Waals surface area contributed by atoms with Crippen molar-refractivity contribution in [2.45, 2.75) is 12.5 Å². The summed E-state index contributed by atoms with van der Waals surface area (Å²) < 4.78 is 26.6. The maximum atomic E-state index is 13.9. The molecule has 1 aliphatic heterocycles. The van der Waals surface area contributed by atoms with Crippen molar-refractivity contribution in [1.82, 2.24) is 10.2 Å². The molecule has 0 unspecified atom stereocenters. The number of hydrogen-bond donors (Lipinski definition) is 1. The van der Waals surface area contributed by atoms with Crippen LogP contribution in [0, 0.1) is 5.82 Å². The van der Waals surface area contributed by atoms with Gasteiger partial charge in [-0.2, -0.15) is 0 Å². The normalized spacial score (nSPS) is 17.8. The summed E-state index contributed by atoms with van der Waals surface area (Å²) in [5, 5.41) is 3.73. The van der Waals surface area contributed by atoms with Crippen LogP contribution < -0.4 is 5.32 Å². The van der Waals surface area contributed by atoms with Gasteiger partial charge in [-0.05, 0) is 24.6 Å². The Labute approximate surface area is 123 Å². The second kappa shape index (κ2) is 8.00. The summed E-state index contributed by atoms with van der Waals surface area (Å²) in [4.78, 5) is 2.12. The summed E-state index contributed by atoms with van der Waals surface area (Å²) in [7, 11) is 0. The quantitative estimate of drug-likeness (QED) is 0.918. The maximum absolute atomic E-state index is 13.9. The Bertz CT molecular complexity index is 398. The van der Waals surface area contributed by atoms with Crippen LogP contribution in [-0.2, 0) is 0 Å². The molecular formula is C13H18Cl2F2N2. The van der Waals surface area contributed by atoms with Crippen molar-refractivity contribution in [3.63, 3.8) is 0 Å². The summed E-state index contributed by atoms with van der Waals surface area (Å²) >= 11 is 5.91. The van der Waals surface area contributed by atoms with E-state index in [1.165, 1.54) is 12.1 Å². The van der Waals surface area contributed by atoms with Crippen molar-refractivity contribution < 1.29 is 8.78 Å². The van der Waals surface area contributed by atoms with E-state index in [0.717, 1.165) is 26.2 Å². The summed E-state index contributed by atoms with van der Waals surface area (Å²) in [5.74, 6) is -0.309. The fourth-order valence-electron chi connectivity index (χ4n) is 2.40. The van der Waals surface area contributed by atoms with E-state index in [4.69, 9.17) is 11.6 Å². The van der Waals surface area contributed by atoms with Crippen LogP contribution in [0.15, 0.2) is 18.2 Å². The van der Waals surface area contributed by atoms with Gasteiger partial charge in [-0.3, -0.25) is 9.29 Å². The van der Waals surface area contributed by atoms with E-state index in [1.807, 2.05) is 0 Å². The molecule has 1 atom stereocenters. The second-order valence-electron chi connectivity index (χ2n) is 4.45. The molecule has 0 saturated carbocycles. The van der Waals surface area contributed by atoms with Gasteiger partial charge in [-0.15, -0.1) is 12.4 Å². The van der Waals surface area contributed by atoms with Crippen LogP contribution in [-0.4, -0.2) is 37.8 Å². The zero-order chi connectivity index (χ0) is 13.0. The van der Waals surface area contributed by atoms with Crippen molar-refractivity contribution in [2.24, 2.45) is 0 Å². The number of benzene rings is 1. The van der Waals surface area contributed by atoms with Crippen LogP contribution in [0.3, 0.4) is 0 Å². The SMILES string of the molecule is Cl.FCC[C@H](c1cc(Cl)ccc1F)N1CCNCC1. The van der Waals surface area contributed by atoms with Crippen molar-refractivity contribution in [3.05, 3.63) is 34.6 Å². The van der Waals surface area contributed by atoms with E-state index in [9.17, 15) is 8.78 Å². The highest BCUT2D eigenvalue weighted by Gasteiger charge is 2.24. The third kappa shape index (κ3) is 4.28. The van der Waals surface area contributed by atoms with Crippen LogP contribution in [0.25, 0.3) is 0 Å². The Morgan fingerprint density at radius 3 is 2.63 bits per heavy atom. The third-order valence-electron chi connectivity index (χ3n) is 3.29. The lowest BCUT2D eigenvalue weighted by molar-refractivity contribution is 0.154. The first-order chi connectivity index (χ1) is 8.72. The molecule has 1 N–H and O–H groups in total. The molecule has 0 spiro atoms. The molecule has 0 aromatic heterocycles. The number of nitrogens with one attached hydrogen (secondary N) is 1. The zero-order valence-electron chi connectivity index (χ0n) is 10.5. The van der Waals surface area contributed by atoms with E-state index in [1.54, 1.807) is 6.07 Å². The van der Waals surface area contributed by atoms with Gasteiger partial charge in [0.1, 0.15) is 5.82 Å². The van der Waals surface area contributed by atoms with Gasteiger partial charge in [-0.1, -0.05) is 11.6 Å². The van der Waals surface area contributed by atoms with Gasteiger partial charge in [0.25, 0.3) is 0 Å². The smallest absolute Gasteiger partial charge is 0.128 e. The van der Waals surface area contributed by atoms with Crippen LogP contribution in [0.5, 0.6) is 0 Å². The number of piperazine rings is 1. The molecule has 1 aliphatic rings. The predicted molar refractivity (Wildman–Crippen MR) is 76.4 cm³/mol. The number of halogens is 4. The zero-order valence-corrected chi connectivity index (χ0v) is 12.1. The Hall–Kier alpha value is -0.420. The van der Waals surface area contributed by atoms with Crippen molar-refractivity contribution in [1.29, 1.82) is 0 Å². The van der Waals surface area contributed by atoms with Gasteiger partial charge in [0.05, 0.1) is 6.67 Å². The first kappa shape index (κ1) is 16.6. The monoisotopic (exact) mass is 310 g/mol. The van der Waals surface area contributed by atoms with Crippen molar-refractivity contribution in [2.75, 3.05) is 32.9 Å². The van der Waals surface area contributed by atoms with Crippen LogP contribution in [0.4, 0.5) is 8.78 Å². The van der Waals surface area contributed by atoms with Gasteiger partial charge in [0, 0.05) is 42.8 Å². The number of hydrogen-bond acceptors (Lipinski definition) is 2. The molecule has 0 radical (unpaired) electrons. The molecule has 0 aliphatic carbocycles. The Balaban J connectivity index is 0.00000180. The minimum atomic E-state index is -0.458. The number of alkyl halides is 1. The summed E-state index contributed by atoms with van der Waals surface area (Å²) in [6.07, 6.45) is 0.303. The largest absolute Gasteiger partial charge is 0.314 e. The topological polar surface area (TPSA) is 15.3 Å². The highest BCUT2D eigenvalue weighted by atomic mass is 35.5. The molecule has 19 heavy (non-hydrogen) atoms. The average molecular weight is 311 g/mol. The molecule has 0 bridgehead atoms. The molecule has 1 aromatic rings. The molecule has 1 aromatic carbocycles. The molecule has 1 saturated heterocycles. The fraction of sp³-hybridized carbons (Fsp3) is 0.538. The number of rotatable bonds is 4. The lowest BCUT2D eigenvalue weighted by Crippen LogP contribution is -2.45. The minimum absolute atomic E-state index is 0. The maximum Gasteiger partial charge on any atom is 0.128 e. The van der Waals surface area contributed by atoms with E-state index in [2.05, 4.69) is 10.2 Å². The Morgan fingerprint density at radius 1 is 1.32 bits per heavy atom. The predicted octanol–water partition coefficient (Wildman–Crippen LogP) is 3.21. The third-order valence-corrected chi connectivity index (χ3v) is 3.53. The standard InChI is InChI=1S/C13H17ClF2N2.ClH/c14-10-1-2-12(16)11(9-10)13(3-4-15)18-7-5-17-6-8-18;/h1-2,9,13,17H,3-8H2;1H/t13-;/m1./s1. The molecule has 0 amide bonds. The summed E-state index contributed by atoms with van der Waals surface area (Å²) in [6, 6.07) is 4.26. The van der Waals surface area contributed by atoms with E-state index < -0.39 is 6.67 Å². The molecule has 108 valence electrons. The van der Waals surface area contributed by atoms with Crippen LogP contribution in [0.1, 0.15) is 18.0 Å². The van der Waals surface area contributed by atoms with Crippen molar-refractivity contribution in [3.8, 4) is 0 Å². The molecule has 2 nitrogen and oxygen atoms in total. The van der Waals surface area contributed by atoms with Gasteiger partial charge in [0.2, 0.25) is 0 Å². The minimum Gasteiger partial charge on any atom is -0.314 e. The highest BCUT2D eigenvalue weighted by molar-refractivity contribution is 6.30. The lowest BCUT2D eigenvalue weighted by atomic mass is 10.0. The van der Waals surface area contributed by atoms with Gasteiger partial charge < -0.3 is 5.32 Å². The van der Waals surface area contributed by atoms with Gasteiger partial charge in [-0.25, -0.2) is 4.39 Å². The average Bonchev–Trinajstić information content (AvgIpc) is 2.40. The van der Waals surface area contributed by atoms with Gasteiger partial charge in [0.15, 0.2) is 0 Å². The molecule has 6 heteroatoms. The Kier molecular flexibility index (Phi) is 7.00. The molecular weight excluding hydrogens is 293 g/mol. The second-order valence-corrected chi connectivity index (χ2v) is 4.88. The van der Waals surface area contributed by atoms with Crippen LogP contribution in [0.2, 0.25) is 5.02 Å². The first-order valence-corrected chi connectivity index (χ1v) is 6.56. The highest BCUT2D eigenvalue weighted by Crippen LogP contribution is 2.29. The lowest BCUT2D eigenvalue weighted by Gasteiger charge is -2.35. The van der Waals surface area contributed by atoms with E-state index in [0.29, 0.717) is 17.0 Å². The van der Waals surface area contributed by atoms with E-state index >= 15 is 0 Å². The summed E-state index contributed by atoms with van der Waals surface area (Å²) in [6.45, 7) is 2.85. The molecule has 1 fully saturated rings. The van der Waals surface area contributed by atoms with Crippen molar-refractivity contribution >= 4 is 24.0 Å². The molecule has 2 rings (SSSR count). The molecule has 1 heterocycles. The van der Waals surface area contributed by atoms with E-state index in [-0.39, 0.29) is 24.3 Å². The Morgan fingerprint density at radius 2 is 2.00 bits per heavy atom. The first-order valence-electron chi connectivity index (χ1n) is 6.18. The van der Waals surface area contributed by atoms with Gasteiger partial charge >= 0.3 is 0 Å². The fourth-order valence-corrected chi connectivity index (χ4v) is 2.58. The number of nitrogens with zero attached hydrogens (tertiary/aromatic N) is 1. The summed E-state index contributed by atoms with van der Waals surface area (Å²) in [5.41, 5.74) is 0.502. The van der Waals surface area contributed by atoms with Crippen LogP contribution >= 0.6 is 24.0 Å².